The van der Waals surface area contributed by atoms with E-state index in [2.05, 4.69) is 10.2 Å². The SMILES string of the molecule is O=C(Nc1c(N2CCCC2)c2ccccc2oc1=O)c1ccccc1Cl. The Balaban J connectivity index is 1.85. The molecule has 3 aromatic rings. The van der Waals surface area contributed by atoms with E-state index in [1.54, 1.807) is 30.3 Å². The zero-order valence-electron chi connectivity index (χ0n) is 14.0. The topological polar surface area (TPSA) is 62.6 Å². The van der Waals surface area contributed by atoms with Crippen LogP contribution in [0, 0.1) is 0 Å². The molecule has 0 bridgehead atoms. The standard InChI is InChI=1S/C20H17ClN2O3/c21-15-9-3-1-7-13(15)19(24)22-17-18(23-11-5-6-12-23)14-8-2-4-10-16(14)26-20(17)25/h1-4,7-10H,5-6,11-12H2,(H,22,24). The average molecular weight is 369 g/mol. The van der Waals surface area contributed by atoms with Crippen LogP contribution in [0.5, 0.6) is 0 Å². The lowest BCUT2D eigenvalue weighted by Crippen LogP contribution is -2.25. The molecule has 5 nitrogen and oxygen atoms in total. The van der Waals surface area contributed by atoms with Crippen molar-refractivity contribution in [3.05, 3.63) is 69.5 Å². The molecule has 0 saturated carbocycles. The molecule has 1 aromatic heterocycles. The van der Waals surface area contributed by atoms with Gasteiger partial charge in [-0.25, -0.2) is 4.79 Å². The van der Waals surface area contributed by atoms with Gasteiger partial charge in [-0.1, -0.05) is 35.9 Å². The minimum absolute atomic E-state index is 0.163. The second-order valence-corrected chi connectivity index (χ2v) is 6.64. The summed E-state index contributed by atoms with van der Waals surface area (Å²) in [6, 6.07) is 14.1. The average Bonchev–Trinajstić information content (AvgIpc) is 3.17. The van der Waals surface area contributed by atoms with Crippen LogP contribution in [0.25, 0.3) is 11.0 Å². The third-order valence-electron chi connectivity index (χ3n) is 4.57. The van der Waals surface area contributed by atoms with Crippen LogP contribution in [-0.2, 0) is 0 Å². The van der Waals surface area contributed by atoms with E-state index >= 15 is 0 Å². The fraction of sp³-hybridized carbons (Fsp3) is 0.200. The van der Waals surface area contributed by atoms with E-state index in [4.69, 9.17) is 16.0 Å². The molecule has 1 fully saturated rings. The van der Waals surface area contributed by atoms with Crippen LogP contribution in [0.1, 0.15) is 23.2 Å². The first kappa shape index (κ1) is 16.7. The van der Waals surface area contributed by atoms with Crippen molar-refractivity contribution in [2.75, 3.05) is 23.3 Å². The van der Waals surface area contributed by atoms with Crippen LogP contribution < -0.4 is 15.8 Å². The third-order valence-corrected chi connectivity index (χ3v) is 4.89. The zero-order valence-corrected chi connectivity index (χ0v) is 14.8. The number of rotatable bonds is 3. The van der Waals surface area contributed by atoms with Gasteiger partial charge in [0, 0.05) is 18.5 Å². The van der Waals surface area contributed by atoms with Crippen molar-refractivity contribution >= 4 is 39.9 Å². The number of halogens is 1. The maximum absolute atomic E-state index is 12.7. The summed E-state index contributed by atoms with van der Waals surface area (Å²) in [5.74, 6) is -0.432. The summed E-state index contributed by atoms with van der Waals surface area (Å²) in [5, 5.41) is 3.87. The van der Waals surface area contributed by atoms with Crippen molar-refractivity contribution in [2.45, 2.75) is 12.8 Å². The Bertz CT molecular complexity index is 1040. The second kappa shape index (κ2) is 6.84. The van der Waals surface area contributed by atoms with Gasteiger partial charge >= 0.3 is 5.63 Å². The Morgan fingerprint density at radius 2 is 1.73 bits per heavy atom. The first-order valence-corrected chi connectivity index (χ1v) is 8.89. The van der Waals surface area contributed by atoms with E-state index in [1.165, 1.54) is 0 Å². The smallest absolute Gasteiger partial charge is 0.362 e. The Kier molecular flexibility index (Phi) is 4.39. The molecular weight excluding hydrogens is 352 g/mol. The number of anilines is 2. The molecule has 1 aliphatic heterocycles. The quantitative estimate of drug-likeness (QED) is 0.700. The van der Waals surface area contributed by atoms with Gasteiger partial charge in [-0.2, -0.15) is 0 Å². The van der Waals surface area contributed by atoms with Gasteiger partial charge in [-0.3, -0.25) is 4.79 Å². The summed E-state index contributed by atoms with van der Waals surface area (Å²) in [6.07, 6.45) is 2.10. The van der Waals surface area contributed by atoms with Crippen LogP contribution in [0.4, 0.5) is 11.4 Å². The van der Waals surface area contributed by atoms with E-state index < -0.39 is 11.5 Å². The molecule has 6 heteroatoms. The Hall–Kier alpha value is -2.79. The van der Waals surface area contributed by atoms with Gasteiger partial charge in [-0.15, -0.1) is 0 Å². The molecule has 1 amide bonds. The van der Waals surface area contributed by atoms with Crippen LogP contribution in [0.15, 0.2) is 57.7 Å². The van der Waals surface area contributed by atoms with Crippen LogP contribution in [0.3, 0.4) is 0 Å². The number of benzene rings is 2. The van der Waals surface area contributed by atoms with Crippen molar-refractivity contribution in [2.24, 2.45) is 0 Å². The van der Waals surface area contributed by atoms with Crippen molar-refractivity contribution in [3.63, 3.8) is 0 Å². The van der Waals surface area contributed by atoms with Gasteiger partial charge in [0.1, 0.15) is 5.58 Å². The number of amides is 1. The molecule has 26 heavy (non-hydrogen) atoms. The Labute approximate surface area is 155 Å². The molecule has 1 aliphatic rings. The van der Waals surface area contributed by atoms with Crippen LogP contribution in [0.2, 0.25) is 5.02 Å². The molecule has 4 rings (SSSR count). The zero-order chi connectivity index (χ0) is 18.1. The molecule has 0 spiro atoms. The second-order valence-electron chi connectivity index (χ2n) is 6.24. The molecule has 1 N–H and O–H groups in total. The normalized spacial score (nSPS) is 14.0. The highest BCUT2D eigenvalue weighted by atomic mass is 35.5. The molecule has 0 radical (unpaired) electrons. The highest BCUT2D eigenvalue weighted by Crippen LogP contribution is 2.34. The van der Waals surface area contributed by atoms with Crippen molar-refractivity contribution < 1.29 is 9.21 Å². The molecular formula is C20H17ClN2O3. The van der Waals surface area contributed by atoms with Crippen molar-refractivity contribution in [1.82, 2.24) is 0 Å². The summed E-state index contributed by atoms with van der Waals surface area (Å²) < 4.78 is 5.43. The largest absolute Gasteiger partial charge is 0.421 e. The summed E-state index contributed by atoms with van der Waals surface area (Å²) in [7, 11) is 0. The van der Waals surface area contributed by atoms with Crippen LogP contribution >= 0.6 is 11.6 Å². The first-order chi connectivity index (χ1) is 12.6. The summed E-state index contributed by atoms with van der Waals surface area (Å²) >= 11 is 6.11. The maximum Gasteiger partial charge on any atom is 0.362 e. The molecule has 0 atom stereocenters. The van der Waals surface area contributed by atoms with Gasteiger partial charge < -0.3 is 14.6 Å². The highest BCUT2D eigenvalue weighted by Gasteiger charge is 2.24. The predicted octanol–water partition coefficient (Wildman–Crippen LogP) is 4.30. The first-order valence-electron chi connectivity index (χ1n) is 8.52. The molecule has 0 unspecified atom stereocenters. The van der Waals surface area contributed by atoms with Gasteiger partial charge in [0.15, 0.2) is 5.69 Å². The summed E-state index contributed by atoms with van der Waals surface area (Å²) in [6.45, 7) is 1.67. The van der Waals surface area contributed by atoms with E-state index in [1.807, 2.05) is 18.2 Å². The number of carbonyl (C=O) groups excluding carboxylic acids is 1. The lowest BCUT2D eigenvalue weighted by molar-refractivity contribution is 0.102. The summed E-state index contributed by atoms with van der Waals surface area (Å²) in [5.41, 5.74) is 1.14. The fourth-order valence-corrected chi connectivity index (χ4v) is 3.56. The van der Waals surface area contributed by atoms with Gasteiger partial charge in [0.05, 0.1) is 16.3 Å². The number of para-hydroxylation sites is 1. The number of nitrogens with one attached hydrogen (secondary N) is 1. The monoisotopic (exact) mass is 368 g/mol. The minimum atomic E-state index is -0.564. The number of fused-ring (bicyclic) bond motifs is 1. The number of carbonyl (C=O) groups is 1. The van der Waals surface area contributed by atoms with E-state index in [9.17, 15) is 9.59 Å². The van der Waals surface area contributed by atoms with Gasteiger partial charge in [0.2, 0.25) is 0 Å². The maximum atomic E-state index is 12.7. The lowest BCUT2D eigenvalue weighted by Gasteiger charge is -2.22. The Morgan fingerprint density at radius 1 is 1.04 bits per heavy atom. The molecule has 1 saturated heterocycles. The number of nitrogens with zero attached hydrogens (tertiary/aromatic N) is 1. The van der Waals surface area contributed by atoms with Crippen molar-refractivity contribution in [3.8, 4) is 0 Å². The van der Waals surface area contributed by atoms with Gasteiger partial charge in [0.25, 0.3) is 5.91 Å². The van der Waals surface area contributed by atoms with Crippen LogP contribution in [-0.4, -0.2) is 19.0 Å². The molecule has 0 aliphatic carbocycles. The number of hydrogen-bond donors (Lipinski definition) is 1. The van der Waals surface area contributed by atoms with E-state index in [0.29, 0.717) is 16.2 Å². The summed E-state index contributed by atoms with van der Waals surface area (Å²) in [4.78, 5) is 27.4. The van der Waals surface area contributed by atoms with Crippen molar-refractivity contribution in [1.29, 1.82) is 0 Å². The third kappa shape index (κ3) is 2.95. The lowest BCUT2D eigenvalue weighted by atomic mass is 10.1. The molecule has 2 heterocycles. The minimum Gasteiger partial charge on any atom is -0.421 e. The predicted molar refractivity (Wildman–Crippen MR) is 103 cm³/mol. The van der Waals surface area contributed by atoms with Gasteiger partial charge in [-0.05, 0) is 37.1 Å². The Morgan fingerprint density at radius 3 is 2.50 bits per heavy atom. The van der Waals surface area contributed by atoms with E-state index in [0.717, 1.165) is 37.0 Å². The number of hydrogen-bond acceptors (Lipinski definition) is 4. The van der Waals surface area contributed by atoms with E-state index in [-0.39, 0.29) is 5.69 Å². The fourth-order valence-electron chi connectivity index (χ4n) is 3.34. The molecule has 132 valence electrons. The highest BCUT2D eigenvalue weighted by molar-refractivity contribution is 6.34. The molecule has 2 aromatic carbocycles.